The number of amides is 1. The van der Waals surface area contributed by atoms with Gasteiger partial charge in [0.1, 0.15) is 12.4 Å². The summed E-state index contributed by atoms with van der Waals surface area (Å²) in [6.07, 6.45) is 0.355. The fourth-order valence-corrected chi connectivity index (χ4v) is 4.70. The molecule has 2 aromatic carbocycles. The molecule has 176 valence electrons. The molecule has 1 atom stereocenters. The first-order chi connectivity index (χ1) is 16.6. The maximum absolute atomic E-state index is 13.3. The highest BCUT2D eigenvalue weighted by molar-refractivity contribution is 5.98. The highest BCUT2D eigenvalue weighted by Gasteiger charge is 2.27. The number of aromatic nitrogens is 1. The Labute approximate surface area is 199 Å². The third-order valence-corrected chi connectivity index (χ3v) is 6.46. The Bertz CT molecular complexity index is 1180. The van der Waals surface area contributed by atoms with Crippen molar-refractivity contribution in [3.05, 3.63) is 77.4 Å². The van der Waals surface area contributed by atoms with E-state index in [1.807, 2.05) is 24.3 Å². The SMILES string of the molecule is COc1cccc(-c2ccc3c(c2)OCCN(C[C@H](O)CN2CCc4ccccc4C2)C3=O)n1. The topological polar surface area (TPSA) is 75.1 Å². The van der Waals surface area contributed by atoms with Crippen LogP contribution in [0.15, 0.2) is 60.7 Å². The first-order valence-electron chi connectivity index (χ1n) is 11.7. The van der Waals surface area contributed by atoms with Crippen LogP contribution < -0.4 is 9.47 Å². The molecule has 1 amide bonds. The number of fused-ring (bicyclic) bond motifs is 2. The number of aliphatic hydroxyl groups excluding tert-OH is 1. The lowest BCUT2D eigenvalue weighted by atomic mass is 10.00. The Kier molecular flexibility index (Phi) is 6.47. The summed E-state index contributed by atoms with van der Waals surface area (Å²) in [5.74, 6) is 0.944. The molecule has 2 aliphatic rings. The van der Waals surface area contributed by atoms with Gasteiger partial charge in [0.2, 0.25) is 5.88 Å². The molecule has 3 aromatic rings. The van der Waals surface area contributed by atoms with E-state index in [-0.39, 0.29) is 12.5 Å². The van der Waals surface area contributed by atoms with Gasteiger partial charge < -0.3 is 19.5 Å². The Morgan fingerprint density at radius 1 is 1.06 bits per heavy atom. The van der Waals surface area contributed by atoms with Gasteiger partial charge in [-0.25, -0.2) is 4.98 Å². The van der Waals surface area contributed by atoms with E-state index in [4.69, 9.17) is 9.47 Å². The molecule has 5 rings (SSSR count). The lowest BCUT2D eigenvalue weighted by molar-refractivity contribution is 0.0501. The second-order valence-electron chi connectivity index (χ2n) is 8.78. The average Bonchev–Trinajstić information content (AvgIpc) is 3.02. The van der Waals surface area contributed by atoms with Gasteiger partial charge in [0.15, 0.2) is 0 Å². The number of ether oxygens (including phenoxy) is 2. The molecule has 3 heterocycles. The third-order valence-electron chi connectivity index (χ3n) is 6.46. The van der Waals surface area contributed by atoms with Crippen LogP contribution in [0, 0.1) is 0 Å². The lowest BCUT2D eigenvalue weighted by Crippen LogP contribution is -2.44. The number of benzene rings is 2. The van der Waals surface area contributed by atoms with Crippen LogP contribution in [0.4, 0.5) is 0 Å². The van der Waals surface area contributed by atoms with Gasteiger partial charge in [-0.15, -0.1) is 0 Å². The first-order valence-corrected chi connectivity index (χ1v) is 11.7. The zero-order chi connectivity index (χ0) is 23.5. The predicted octanol–water partition coefficient (Wildman–Crippen LogP) is 3.01. The van der Waals surface area contributed by atoms with E-state index in [0.717, 1.165) is 30.8 Å². The Morgan fingerprint density at radius 2 is 1.91 bits per heavy atom. The fraction of sp³-hybridized carbons (Fsp3) is 0.333. The summed E-state index contributed by atoms with van der Waals surface area (Å²) < 4.78 is 11.1. The van der Waals surface area contributed by atoms with Crippen LogP contribution in [0.1, 0.15) is 21.5 Å². The minimum Gasteiger partial charge on any atom is -0.491 e. The van der Waals surface area contributed by atoms with Crippen molar-refractivity contribution in [2.24, 2.45) is 0 Å². The van der Waals surface area contributed by atoms with Gasteiger partial charge >= 0.3 is 0 Å². The van der Waals surface area contributed by atoms with E-state index < -0.39 is 6.10 Å². The molecule has 7 nitrogen and oxygen atoms in total. The molecule has 0 saturated heterocycles. The van der Waals surface area contributed by atoms with Crippen LogP contribution in [0.25, 0.3) is 11.3 Å². The van der Waals surface area contributed by atoms with Crippen molar-refractivity contribution in [1.82, 2.24) is 14.8 Å². The second-order valence-corrected chi connectivity index (χ2v) is 8.78. The monoisotopic (exact) mass is 459 g/mol. The normalized spacial score (nSPS) is 16.8. The number of pyridine rings is 1. The maximum atomic E-state index is 13.3. The van der Waals surface area contributed by atoms with Crippen LogP contribution in [-0.4, -0.2) is 71.8 Å². The fourth-order valence-electron chi connectivity index (χ4n) is 4.70. The highest BCUT2D eigenvalue weighted by atomic mass is 16.5. The maximum Gasteiger partial charge on any atom is 0.257 e. The summed E-state index contributed by atoms with van der Waals surface area (Å²) >= 11 is 0. The molecule has 7 heteroatoms. The number of carbonyl (C=O) groups is 1. The van der Waals surface area contributed by atoms with Crippen molar-refractivity contribution < 1.29 is 19.4 Å². The van der Waals surface area contributed by atoms with Crippen molar-refractivity contribution in [3.63, 3.8) is 0 Å². The van der Waals surface area contributed by atoms with Crippen LogP contribution in [0.3, 0.4) is 0 Å². The summed E-state index contributed by atoms with van der Waals surface area (Å²) in [4.78, 5) is 21.7. The summed E-state index contributed by atoms with van der Waals surface area (Å²) in [7, 11) is 1.58. The molecule has 0 fully saturated rings. The molecule has 0 unspecified atom stereocenters. The van der Waals surface area contributed by atoms with E-state index in [1.165, 1.54) is 11.1 Å². The van der Waals surface area contributed by atoms with E-state index in [2.05, 4.69) is 34.1 Å². The van der Waals surface area contributed by atoms with E-state index in [9.17, 15) is 9.90 Å². The molecule has 0 saturated carbocycles. The van der Waals surface area contributed by atoms with Gasteiger partial charge in [-0.3, -0.25) is 9.69 Å². The van der Waals surface area contributed by atoms with Crippen molar-refractivity contribution in [1.29, 1.82) is 0 Å². The number of aliphatic hydroxyl groups is 1. The number of methoxy groups -OCH3 is 1. The predicted molar refractivity (Wildman–Crippen MR) is 129 cm³/mol. The molecular weight excluding hydrogens is 430 g/mol. The molecule has 1 aromatic heterocycles. The lowest BCUT2D eigenvalue weighted by Gasteiger charge is -2.32. The zero-order valence-electron chi connectivity index (χ0n) is 19.3. The van der Waals surface area contributed by atoms with Crippen molar-refractivity contribution in [3.8, 4) is 22.9 Å². The Hall–Kier alpha value is -3.42. The minimum absolute atomic E-state index is 0.124. The minimum atomic E-state index is -0.629. The molecular formula is C27H29N3O4. The molecule has 0 radical (unpaired) electrons. The summed E-state index contributed by atoms with van der Waals surface area (Å²) in [6, 6.07) is 19.5. The van der Waals surface area contributed by atoms with E-state index in [1.54, 1.807) is 24.1 Å². The van der Waals surface area contributed by atoms with Crippen LogP contribution >= 0.6 is 0 Å². The van der Waals surface area contributed by atoms with Crippen molar-refractivity contribution in [2.75, 3.05) is 39.9 Å². The van der Waals surface area contributed by atoms with Crippen LogP contribution in [-0.2, 0) is 13.0 Å². The van der Waals surface area contributed by atoms with Gasteiger partial charge in [-0.1, -0.05) is 36.4 Å². The molecule has 0 spiro atoms. The summed E-state index contributed by atoms with van der Waals surface area (Å²) in [5.41, 5.74) is 4.80. The second kappa shape index (κ2) is 9.83. The molecule has 0 bridgehead atoms. The number of nitrogens with zero attached hydrogens (tertiary/aromatic N) is 3. The molecule has 0 aliphatic carbocycles. The van der Waals surface area contributed by atoms with E-state index in [0.29, 0.717) is 36.9 Å². The summed E-state index contributed by atoms with van der Waals surface area (Å²) in [5, 5.41) is 10.8. The van der Waals surface area contributed by atoms with Crippen molar-refractivity contribution >= 4 is 5.91 Å². The molecule has 1 N–H and O–H groups in total. The molecule has 2 aliphatic heterocycles. The number of carbonyl (C=O) groups excluding carboxylic acids is 1. The van der Waals surface area contributed by atoms with E-state index >= 15 is 0 Å². The third kappa shape index (κ3) is 4.76. The largest absolute Gasteiger partial charge is 0.491 e. The van der Waals surface area contributed by atoms with Gasteiger partial charge in [0, 0.05) is 37.8 Å². The van der Waals surface area contributed by atoms with Gasteiger partial charge in [-0.05, 0) is 35.7 Å². The summed E-state index contributed by atoms with van der Waals surface area (Å²) in [6.45, 7) is 3.35. The highest BCUT2D eigenvalue weighted by Crippen LogP contribution is 2.30. The molecule has 34 heavy (non-hydrogen) atoms. The first kappa shape index (κ1) is 22.4. The number of hydrogen-bond acceptors (Lipinski definition) is 6. The average molecular weight is 460 g/mol. The van der Waals surface area contributed by atoms with Gasteiger partial charge in [0.25, 0.3) is 5.91 Å². The van der Waals surface area contributed by atoms with Gasteiger partial charge in [0.05, 0.1) is 31.0 Å². The zero-order valence-corrected chi connectivity index (χ0v) is 19.3. The standard InChI is InChI=1S/C27H29N3O4/c1-33-26-8-4-7-24(28-26)20-9-10-23-25(15-20)34-14-13-30(27(23)32)18-22(31)17-29-12-11-19-5-2-3-6-21(19)16-29/h2-10,15,22,31H,11-14,16-18H2,1H3/t22-/m1/s1. The Balaban J connectivity index is 1.26. The van der Waals surface area contributed by atoms with Crippen LogP contribution in [0.5, 0.6) is 11.6 Å². The number of β-amino-alcohol motifs (C(OH)–C–C–N with tert-alkyl or cyclic N) is 1. The number of hydrogen-bond donors (Lipinski definition) is 1. The number of rotatable bonds is 6. The van der Waals surface area contributed by atoms with Gasteiger partial charge in [-0.2, -0.15) is 0 Å². The quantitative estimate of drug-likeness (QED) is 0.611. The van der Waals surface area contributed by atoms with Crippen LogP contribution in [0.2, 0.25) is 0 Å². The Morgan fingerprint density at radius 3 is 2.76 bits per heavy atom. The van der Waals surface area contributed by atoms with Crippen molar-refractivity contribution in [2.45, 2.75) is 19.1 Å². The smallest absolute Gasteiger partial charge is 0.257 e.